The molecule has 0 aliphatic heterocycles. The second-order valence-corrected chi connectivity index (χ2v) is 8.51. The van der Waals surface area contributed by atoms with Crippen LogP contribution in [0.4, 0.5) is 11.4 Å². The molecule has 0 aromatic heterocycles. The number of carbonyl (C=O) groups is 1. The molecule has 0 spiro atoms. The average Bonchev–Trinajstić information content (AvgIpc) is 2.46. The van der Waals surface area contributed by atoms with Crippen molar-refractivity contribution in [1.29, 1.82) is 0 Å². The molecule has 2 rings (SSSR count). The molecular formula is C14H15N3O5S2. The van der Waals surface area contributed by atoms with Crippen LogP contribution in [0.2, 0.25) is 0 Å². The zero-order valence-electron chi connectivity index (χ0n) is 12.6. The monoisotopic (exact) mass is 369 g/mol. The Labute approximate surface area is 139 Å². The molecule has 0 aliphatic carbocycles. The third kappa shape index (κ3) is 3.49. The number of hydrogen-bond acceptors (Lipinski definition) is 7. The van der Waals surface area contributed by atoms with E-state index in [-0.39, 0.29) is 10.6 Å². The first-order chi connectivity index (χ1) is 11.0. The van der Waals surface area contributed by atoms with E-state index in [9.17, 15) is 21.6 Å². The van der Waals surface area contributed by atoms with Crippen LogP contribution in [0, 0.1) is 0 Å². The lowest BCUT2D eigenvalue weighted by Gasteiger charge is -2.12. The zero-order valence-corrected chi connectivity index (χ0v) is 14.2. The van der Waals surface area contributed by atoms with Gasteiger partial charge in [0.1, 0.15) is 4.90 Å². The van der Waals surface area contributed by atoms with E-state index in [0.717, 1.165) is 19.1 Å². The number of benzene rings is 2. The maximum Gasteiger partial charge on any atom is 0.265 e. The second-order valence-electron chi connectivity index (χ2n) is 4.94. The Hall–Kier alpha value is -2.59. The number of anilines is 2. The van der Waals surface area contributed by atoms with E-state index >= 15 is 0 Å². The molecule has 0 radical (unpaired) electrons. The van der Waals surface area contributed by atoms with Crippen LogP contribution < -0.4 is 16.2 Å². The first kappa shape index (κ1) is 17.8. The third-order valence-corrected chi connectivity index (χ3v) is 6.45. The van der Waals surface area contributed by atoms with Crippen LogP contribution in [-0.2, 0) is 24.7 Å². The van der Waals surface area contributed by atoms with E-state index < -0.39 is 35.6 Å². The molecule has 0 heterocycles. The summed E-state index contributed by atoms with van der Waals surface area (Å²) in [6.07, 6.45) is 0. The molecule has 0 aliphatic rings. The number of nitrogens with one attached hydrogen (secondary N) is 1. The van der Waals surface area contributed by atoms with Crippen molar-refractivity contribution in [3.63, 3.8) is 0 Å². The highest BCUT2D eigenvalue weighted by Gasteiger charge is 2.28. The number of rotatable bonds is 4. The highest BCUT2D eigenvalue weighted by Crippen LogP contribution is 2.29. The number of carbonyl (C=O) groups excluding carboxylic acids is 1. The second kappa shape index (κ2) is 6.13. The van der Waals surface area contributed by atoms with Gasteiger partial charge in [-0.15, -0.1) is 0 Å². The largest absolute Gasteiger partial charge is 0.399 e. The summed E-state index contributed by atoms with van der Waals surface area (Å²) in [5.74, 6) is -0.853. The summed E-state index contributed by atoms with van der Waals surface area (Å²) < 4.78 is 51.8. The van der Waals surface area contributed by atoms with Crippen molar-refractivity contribution in [3.05, 3.63) is 42.5 Å². The molecule has 0 fully saturated rings. The van der Waals surface area contributed by atoms with Crippen LogP contribution in [0.15, 0.2) is 57.2 Å². The van der Waals surface area contributed by atoms with Crippen molar-refractivity contribution in [2.75, 3.05) is 11.5 Å². The first-order valence-electron chi connectivity index (χ1n) is 6.57. The summed E-state index contributed by atoms with van der Waals surface area (Å²) >= 11 is 0. The molecular weight excluding hydrogens is 354 g/mol. The van der Waals surface area contributed by atoms with Gasteiger partial charge in [0.05, 0.1) is 9.79 Å². The molecule has 10 heteroatoms. The number of nitrogen functional groups attached to an aromatic ring is 2. The normalized spacial score (nSPS) is 11.9. The lowest BCUT2D eigenvalue weighted by molar-refractivity contribution is -0.117. The molecule has 0 saturated heterocycles. The highest BCUT2D eigenvalue weighted by molar-refractivity contribution is 7.94. The number of nitrogens with two attached hydrogens (primary N) is 2. The Bertz CT molecular complexity index is 997. The maximum absolute atomic E-state index is 12.8. The van der Waals surface area contributed by atoms with E-state index in [0.29, 0.717) is 5.69 Å². The Morgan fingerprint density at radius 3 is 1.96 bits per heavy atom. The summed E-state index contributed by atoms with van der Waals surface area (Å²) in [7, 11) is -8.56. The first-order valence-corrected chi connectivity index (χ1v) is 9.54. The molecule has 2 aromatic rings. The minimum Gasteiger partial charge on any atom is -0.399 e. The Balaban J connectivity index is 2.71. The van der Waals surface area contributed by atoms with Crippen molar-refractivity contribution < 1.29 is 21.6 Å². The lowest BCUT2D eigenvalue weighted by atomic mass is 10.3. The summed E-state index contributed by atoms with van der Waals surface area (Å²) in [5.41, 5.74) is 11.5. The predicted octanol–water partition coefficient (Wildman–Crippen LogP) is 0.509. The van der Waals surface area contributed by atoms with Gasteiger partial charge >= 0.3 is 0 Å². The topological polar surface area (TPSA) is 149 Å². The van der Waals surface area contributed by atoms with Crippen LogP contribution in [0.25, 0.3) is 0 Å². The maximum atomic E-state index is 12.8. The van der Waals surface area contributed by atoms with Gasteiger partial charge in [0.25, 0.3) is 10.0 Å². The van der Waals surface area contributed by atoms with Gasteiger partial charge in [0.15, 0.2) is 0 Å². The van der Waals surface area contributed by atoms with E-state index in [2.05, 4.69) is 0 Å². The van der Waals surface area contributed by atoms with E-state index in [1.54, 1.807) is 4.72 Å². The minimum atomic E-state index is -4.40. The van der Waals surface area contributed by atoms with Crippen molar-refractivity contribution in [2.24, 2.45) is 0 Å². The Morgan fingerprint density at radius 1 is 0.875 bits per heavy atom. The van der Waals surface area contributed by atoms with Gasteiger partial charge in [-0.25, -0.2) is 21.6 Å². The minimum absolute atomic E-state index is 0.0372. The van der Waals surface area contributed by atoms with Gasteiger partial charge in [-0.1, -0.05) is 0 Å². The summed E-state index contributed by atoms with van der Waals surface area (Å²) in [6, 6.07) is 8.60. The third-order valence-electron chi connectivity index (χ3n) is 3.02. The molecule has 0 unspecified atom stereocenters. The fourth-order valence-electron chi connectivity index (χ4n) is 1.97. The Morgan fingerprint density at radius 2 is 1.42 bits per heavy atom. The van der Waals surface area contributed by atoms with E-state index in [1.807, 2.05) is 0 Å². The van der Waals surface area contributed by atoms with Gasteiger partial charge in [-0.2, -0.15) is 0 Å². The average molecular weight is 369 g/mol. The Kier molecular flexibility index (Phi) is 4.54. The van der Waals surface area contributed by atoms with Crippen molar-refractivity contribution in [2.45, 2.75) is 21.6 Å². The number of sulfonamides is 1. The molecule has 1 amide bonds. The SMILES string of the molecule is CC(=O)NS(=O)(=O)c1cc(N)ccc1S(=O)(=O)c1ccc(N)cc1. The van der Waals surface area contributed by atoms with Crippen LogP contribution in [0.5, 0.6) is 0 Å². The number of sulfone groups is 1. The molecule has 24 heavy (non-hydrogen) atoms. The standard InChI is InChI=1S/C14H15N3O5S2/c1-9(18)17-24(21,22)14-8-11(16)4-7-13(14)23(19,20)12-5-2-10(15)3-6-12/h2-8H,15-16H2,1H3,(H,17,18). The van der Waals surface area contributed by atoms with Gasteiger partial charge < -0.3 is 11.5 Å². The highest BCUT2D eigenvalue weighted by atomic mass is 32.2. The summed E-state index contributed by atoms with van der Waals surface area (Å²) in [6.45, 7) is 0.998. The predicted molar refractivity (Wildman–Crippen MR) is 88.2 cm³/mol. The quantitative estimate of drug-likeness (QED) is 0.664. The van der Waals surface area contributed by atoms with Crippen LogP contribution in [0.3, 0.4) is 0 Å². The van der Waals surface area contributed by atoms with Crippen molar-refractivity contribution in [1.82, 2.24) is 4.72 Å². The van der Waals surface area contributed by atoms with Crippen LogP contribution in [0.1, 0.15) is 6.92 Å². The molecule has 2 aromatic carbocycles. The summed E-state index contributed by atoms with van der Waals surface area (Å²) in [5, 5.41) is 0. The fraction of sp³-hybridized carbons (Fsp3) is 0.0714. The molecule has 0 saturated carbocycles. The van der Waals surface area contributed by atoms with E-state index in [4.69, 9.17) is 11.5 Å². The van der Waals surface area contributed by atoms with Crippen LogP contribution >= 0.6 is 0 Å². The zero-order chi connectivity index (χ0) is 18.1. The number of hydrogen-bond donors (Lipinski definition) is 3. The number of amides is 1. The molecule has 0 bridgehead atoms. The lowest BCUT2D eigenvalue weighted by Crippen LogP contribution is -2.29. The van der Waals surface area contributed by atoms with Gasteiger partial charge in [-0.3, -0.25) is 4.79 Å². The van der Waals surface area contributed by atoms with Gasteiger partial charge in [0.2, 0.25) is 15.7 Å². The van der Waals surface area contributed by atoms with Crippen LogP contribution in [-0.4, -0.2) is 22.7 Å². The van der Waals surface area contributed by atoms with Crippen molar-refractivity contribution in [3.8, 4) is 0 Å². The van der Waals surface area contributed by atoms with E-state index in [1.165, 1.54) is 30.3 Å². The summed E-state index contributed by atoms with van der Waals surface area (Å²) in [4.78, 5) is 9.87. The molecule has 128 valence electrons. The fourth-order valence-corrected chi connectivity index (χ4v) is 5.06. The van der Waals surface area contributed by atoms with Gasteiger partial charge in [-0.05, 0) is 42.5 Å². The van der Waals surface area contributed by atoms with Crippen molar-refractivity contribution >= 4 is 37.1 Å². The molecule has 0 atom stereocenters. The molecule has 8 nitrogen and oxygen atoms in total. The molecule has 5 N–H and O–H groups in total. The smallest absolute Gasteiger partial charge is 0.265 e. The van der Waals surface area contributed by atoms with Gasteiger partial charge in [0, 0.05) is 18.3 Å².